The van der Waals surface area contributed by atoms with E-state index in [1.807, 2.05) is 6.92 Å². The number of imidazole rings is 1. The molecule has 2 N–H and O–H groups in total. The van der Waals surface area contributed by atoms with E-state index in [0.29, 0.717) is 17.0 Å². The molecule has 1 aromatic carbocycles. The van der Waals surface area contributed by atoms with Crippen molar-refractivity contribution < 1.29 is 18.7 Å². The molecule has 1 aliphatic carbocycles. The summed E-state index contributed by atoms with van der Waals surface area (Å²) in [4.78, 5) is 18.8. The van der Waals surface area contributed by atoms with Gasteiger partial charge in [0.1, 0.15) is 5.82 Å². The van der Waals surface area contributed by atoms with E-state index in [-0.39, 0.29) is 24.3 Å². The average Bonchev–Trinajstić information content (AvgIpc) is 2.92. The Morgan fingerprint density at radius 3 is 2.65 bits per heavy atom. The van der Waals surface area contributed by atoms with Crippen LogP contribution in [0, 0.1) is 6.92 Å². The molecule has 0 radical (unpaired) electrons. The topological polar surface area (TPSA) is 66.0 Å². The molecule has 0 atom stereocenters. The number of benzene rings is 1. The van der Waals surface area contributed by atoms with Crippen molar-refractivity contribution in [1.29, 1.82) is 0 Å². The van der Waals surface area contributed by atoms with Crippen molar-refractivity contribution in [2.45, 2.75) is 45.0 Å². The molecule has 1 aromatic heterocycles. The summed E-state index contributed by atoms with van der Waals surface area (Å²) in [5.74, 6) is -3.39. The van der Waals surface area contributed by atoms with Crippen LogP contribution in [0.5, 0.6) is 0 Å². The zero-order valence-electron chi connectivity index (χ0n) is 13.0. The molecular formula is C17H18F2N2O2. The summed E-state index contributed by atoms with van der Waals surface area (Å²) in [5, 5.41) is 9.32. The number of H-pyrrole nitrogens is 1. The first-order valence-electron chi connectivity index (χ1n) is 7.60. The van der Waals surface area contributed by atoms with Crippen molar-refractivity contribution in [1.82, 2.24) is 9.97 Å². The summed E-state index contributed by atoms with van der Waals surface area (Å²) in [6, 6.07) is 3.26. The lowest BCUT2D eigenvalue weighted by Crippen LogP contribution is -2.34. The Morgan fingerprint density at radius 1 is 1.43 bits per heavy atom. The molecule has 4 nitrogen and oxygen atoms in total. The minimum Gasteiger partial charge on any atom is -0.478 e. The van der Waals surface area contributed by atoms with Crippen LogP contribution in [-0.2, 0) is 6.42 Å². The number of aromatic amines is 1. The third-order valence-corrected chi connectivity index (χ3v) is 4.42. The number of rotatable bonds is 4. The molecule has 1 saturated carbocycles. The van der Waals surface area contributed by atoms with Gasteiger partial charge in [-0.2, -0.15) is 0 Å². The van der Waals surface area contributed by atoms with Crippen molar-refractivity contribution in [2.75, 3.05) is 0 Å². The van der Waals surface area contributed by atoms with Gasteiger partial charge in [0.25, 0.3) is 0 Å². The van der Waals surface area contributed by atoms with Crippen LogP contribution in [0.2, 0.25) is 0 Å². The third kappa shape index (κ3) is 2.85. The van der Waals surface area contributed by atoms with Gasteiger partial charge in [-0.05, 0) is 36.5 Å². The van der Waals surface area contributed by atoms with Gasteiger partial charge in [0.15, 0.2) is 0 Å². The molecule has 0 amide bonds. The van der Waals surface area contributed by atoms with E-state index in [2.05, 4.69) is 9.97 Å². The lowest BCUT2D eigenvalue weighted by Gasteiger charge is -2.36. The lowest BCUT2D eigenvalue weighted by atomic mass is 9.74. The van der Waals surface area contributed by atoms with Gasteiger partial charge in [-0.3, -0.25) is 0 Å². The van der Waals surface area contributed by atoms with Crippen LogP contribution in [0.3, 0.4) is 0 Å². The van der Waals surface area contributed by atoms with Crippen LogP contribution < -0.4 is 0 Å². The first kappa shape index (κ1) is 15.6. The molecule has 3 rings (SSSR count). The number of carboxylic acids is 1. The fourth-order valence-corrected chi connectivity index (χ4v) is 3.06. The third-order valence-electron chi connectivity index (χ3n) is 4.42. The van der Waals surface area contributed by atoms with E-state index in [9.17, 15) is 18.7 Å². The molecule has 23 heavy (non-hydrogen) atoms. The van der Waals surface area contributed by atoms with Gasteiger partial charge >= 0.3 is 5.97 Å². The van der Waals surface area contributed by atoms with E-state index in [0.717, 1.165) is 17.7 Å². The number of aryl methyl sites for hydroxylation is 2. The monoisotopic (exact) mass is 320 g/mol. The van der Waals surface area contributed by atoms with E-state index in [1.54, 1.807) is 25.3 Å². The number of hydrogen-bond donors (Lipinski definition) is 2. The number of aromatic nitrogens is 2. The number of hydrogen-bond acceptors (Lipinski definition) is 2. The first-order chi connectivity index (χ1) is 10.8. The molecular weight excluding hydrogens is 302 g/mol. The van der Waals surface area contributed by atoms with Crippen LogP contribution in [0.15, 0.2) is 18.3 Å². The summed E-state index contributed by atoms with van der Waals surface area (Å²) in [5.41, 5.74) is 3.02. The Labute approximate surface area is 132 Å². The van der Waals surface area contributed by atoms with Crippen molar-refractivity contribution in [3.63, 3.8) is 0 Å². The second kappa shape index (κ2) is 5.44. The van der Waals surface area contributed by atoms with Crippen LogP contribution in [0.4, 0.5) is 8.78 Å². The summed E-state index contributed by atoms with van der Waals surface area (Å²) in [7, 11) is 0. The maximum Gasteiger partial charge on any atom is 0.335 e. The zero-order chi connectivity index (χ0) is 16.8. The number of carboxylic acid groups (broad SMARTS) is 1. The summed E-state index contributed by atoms with van der Waals surface area (Å²) in [6.45, 7) is 3.66. The molecule has 0 saturated heterocycles. The Balaban J connectivity index is 2.10. The largest absolute Gasteiger partial charge is 0.478 e. The van der Waals surface area contributed by atoms with E-state index in [1.165, 1.54) is 0 Å². The average molecular weight is 320 g/mol. The van der Waals surface area contributed by atoms with E-state index < -0.39 is 11.9 Å². The van der Waals surface area contributed by atoms with E-state index >= 15 is 0 Å². The van der Waals surface area contributed by atoms with Crippen LogP contribution >= 0.6 is 0 Å². The number of nitrogens with zero attached hydrogens (tertiary/aromatic N) is 1. The van der Waals surface area contributed by atoms with Crippen LogP contribution in [0.1, 0.15) is 52.9 Å². The van der Waals surface area contributed by atoms with Gasteiger partial charge in [-0.1, -0.05) is 13.0 Å². The maximum absolute atomic E-state index is 13.3. The molecule has 1 aliphatic rings. The smallest absolute Gasteiger partial charge is 0.335 e. The summed E-state index contributed by atoms with van der Waals surface area (Å²) < 4.78 is 26.5. The Morgan fingerprint density at radius 2 is 2.13 bits per heavy atom. The zero-order valence-corrected chi connectivity index (χ0v) is 13.0. The van der Waals surface area contributed by atoms with Gasteiger partial charge in [-0.15, -0.1) is 0 Å². The van der Waals surface area contributed by atoms with Crippen molar-refractivity contribution in [2.24, 2.45) is 0 Å². The normalized spacial score (nSPS) is 17.0. The molecule has 6 heteroatoms. The molecule has 1 heterocycles. The number of alkyl halides is 2. The molecule has 0 spiro atoms. The van der Waals surface area contributed by atoms with Gasteiger partial charge in [0.2, 0.25) is 5.92 Å². The standard InChI is InChI=1S/C17H18F2N2O2/c1-3-11-8-20-15(21-11)14-5-12(16(22)23)9(2)4-13(14)10-6-17(18,19)7-10/h4-5,8,10H,3,6-7H2,1-2H3,(H,20,21)(H,22,23). The number of carbonyl (C=O) groups is 1. The molecule has 2 aromatic rings. The fourth-order valence-electron chi connectivity index (χ4n) is 3.06. The molecule has 0 bridgehead atoms. The second-order valence-corrected chi connectivity index (χ2v) is 6.13. The van der Waals surface area contributed by atoms with Crippen molar-refractivity contribution in [3.05, 3.63) is 40.7 Å². The van der Waals surface area contributed by atoms with Crippen LogP contribution in [-0.4, -0.2) is 27.0 Å². The highest BCUT2D eigenvalue weighted by Gasteiger charge is 2.46. The van der Waals surface area contributed by atoms with Gasteiger partial charge in [-0.25, -0.2) is 18.6 Å². The van der Waals surface area contributed by atoms with Crippen LogP contribution in [0.25, 0.3) is 11.4 Å². The molecule has 122 valence electrons. The molecule has 1 fully saturated rings. The molecule has 0 aliphatic heterocycles. The number of nitrogens with one attached hydrogen (secondary N) is 1. The fraction of sp³-hybridized carbons (Fsp3) is 0.412. The quantitative estimate of drug-likeness (QED) is 0.889. The second-order valence-electron chi connectivity index (χ2n) is 6.13. The Hall–Kier alpha value is -2.24. The van der Waals surface area contributed by atoms with Gasteiger partial charge in [0, 0.05) is 30.3 Å². The first-order valence-corrected chi connectivity index (χ1v) is 7.60. The Bertz CT molecular complexity index is 760. The van der Waals surface area contributed by atoms with Gasteiger partial charge in [0.05, 0.1) is 5.56 Å². The minimum absolute atomic E-state index is 0.171. The maximum atomic E-state index is 13.3. The van der Waals surface area contributed by atoms with E-state index in [4.69, 9.17) is 0 Å². The summed E-state index contributed by atoms with van der Waals surface area (Å²) in [6.07, 6.45) is 2.05. The highest BCUT2D eigenvalue weighted by Crippen LogP contribution is 2.50. The number of halogens is 2. The predicted molar refractivity (Wildman–Crippen MR) is 82.0 cm³/mol. The SMILES string of the molecule is CCc1cnc(-c2cc(C(=O)O)c(C)cc2C2CC(F)(F)C2)[nH]1. The van der Waals surface area contributed by atoms with Gasteiger partial charge < -0.3 is 10.1 Å². The highest BCUT2D eigenvalue weighted by molar-refractivity contribution is 5.91. The number of aromatic carboxylic acids is 1. The van der Waals surface area contributed by atoms with Crippen molar-refractivity contribution in [3.8, 4) is 11.4 Å². The summed E-state index contributed by atoms with van der Waals surface area (Å²) >= 11 is 0. The molecule has 0 unspecified atom stereocenters. The minimum atomic E-state index is -2.63. The van der Waals surface area contributed by atoms with Crippen molar-refractivity contribution >= 4 is 5.97 Å². The Kier molecular flexibility index (Phi) is 3.70. The highest BCUT2D eigenvalue weighted by atomic mass is 19.3. The lowest BCUT2D eigenvalue weighted by molar-refractivity contribution is -0.0866. The predicted octanol–water partition coefficient (Wildman–Crippen LogP) is 4.16.